The number of aromatic nitrogens is 3. The van der Waals surface area contributed by atoms with Gasteiger partial charge >= 0.3 is 6.01 Å². The minimum Gasteiger partial charge on any atom is -0.467 e. The van der Waals surface area contributed by atoms with E-state index in [0.717, 1.165) is 25.5 Å². The lowest BCUT2D eigenvalue weighted by molar-refractivity contribution is 0.378. The molecule has 0 aliphatic heterocycles. The summed E-state index contributed by atoms with van der Waals surface area (Å²) in [4.78, 5) is 15.3. The number of anilines is 2. The van der Waals surface area contributed by atoms with Crippen molar-refractivity contribution in [3.63, 3.8) is 0 Å². The van der Waals surface area contributed by atoms with Crippen LogP contribution in [0.25, 0.3) is 0 Å². The van der Waals surface area contributed by atoms with Gasteiger partial charge in [0.2, 0.25) is 11.9 Å². The Balaban J connectivity index is 2.25. The number of hydrogen-bond donors (Lipinski definition) is 1. The smallest absolute Gasteiger partial charge is 0.322 e. The molecule has 0 amide bonds. The maximum Gasteiger partial charge on any atom is 0.322 e. The van der Waals surface area contributed by atoms with Gasteiger partial charge in [0.25, 0.3) is 0 Å². The van der Waals surface area contributed by atoms with Crippen LogP contribution in [0, 0.1) is 0 Å². The van der Waals surface area contributed by atoms with E-state index in [2.05, 4.69) is 32.1 Å². The Kier molecular flexibility index (Phi) is 4.17. The van der Waals surface area contributed by atoms with E-state index in [1.165, 1.54) is 12.8 Å². The molecule has 0 aromatic carbocycles. The molecule has 1 aromatic heterocycles. The Bertz CT molecular complexity index is 394. The Labute approximate surface area is 108 Å². The van der Waals surface area contributed by atoms with Gasteiger partial charge < -0.3 is 15.0 Å². The summed E-state index contributed by atoms with van der Waals surface area (Å²) in [6.07, 6.45) is 3.54. The molecule has 1 heterocycles. The summed E-state index contributed by atoms with van der Waals surface area (Å²) in [7, 11) is 1.58. The van der Waals surface area contributed by atoms with Crippen LogP contribution in [0.1, 0.15) is 33.1 Å². The molecule has 1 aliphatic carbocycles. The summed E-state index contributed by atoms with van der Waals surface area (Å²) in [5.74, 6) is 1.31. The topological polar surface area (TPSA) is 63.2 Å². The molecule has 18 heavy (non-hydrogen) atoms. The lowest BCUT2D eigenvalue weighted by Gasteiger charge is -2.22. The standard InChI is InChI=1S/C12H21N5O/c1-4-8-17(9-6-7-9)11-14-10(13-5-2)15-12(16-11)18-3/h9H,4-8H2,1-3H3,(H,13,14,15,16). The predicted octanol–water partition coefficient (Wildman–Crippen LogP) is 1.69. The number of nitrogens with one attached hydrogen (secondary N) is 1. The van der Waals surface area contributed by atoms with Gasteiger partial charge in [-0.25, -0.2) is 0 Å². The molecule has 1 fully saturated rings. The number of methoxy groups -OCH3 is 1. The van der Waals surface area contributed by atoms with Crippen molar-refractivity contribution in [2.75, 3.05) is 30.4 Å². The number of ether oxygens (including phenoxy) is 1. The van der Waals surface area contributed by atoms with E-state index in [0.29, 0.717) is 18.0 Å². The molecule has 6 nitrogen and oxygen atoms in total. The van der Waals surface area contributed by atoms with Crippen molar-refractivity contribution in [2.45, 2.75) is 39.2 Å². The van der Waals surface area contributed by atoms with Crippen molar-refractivity contribution in [3.05, 3.63) is 0 Å². The number of hydrogen-bond acceptors (Lipinski definition) is 6. The molecule has 0 bridgehead atoms. The van der Waals surface area contributed by atoms with Gasteiger partial charge in [0.15, 0.2) is 0 Å². The van der Waals surface area contributed by atoms with Crippen molar-refractivity contribution in [1.29, 1.82) is 0 Å². The lowest BCUT2D eigenvalue weighted by Crippen LogP contribution is -2.29. The highest BCUT2D eigenvalue weighted by molar-refractivity contribution is 5.40. The molecule has 100 valence electrons. The molecule has 0 radical (unpaired) electrons. The van der Waals surface area contributed by atoms with Crippen molar-refractivity contribution < 1.29 is 4.74 Å². The van der Waals surface area contributed by atoms with Gasteiger partial charge in [-0.3, -0.25) is 0 Å². The van der Waals surface area contributed by atoms with Gasteiger partial charge in [-0.15, -0.1) is 0 Å². The molecule has 2 rings (SSSR count). The molecule has 1 N–H and O–H groups in total. The van der Waals surface area contributed by atoms with Gasteiger partial charge in [-0.1, -0.05) is 6.92 Å². The maximum absolute atomic E-state index is 5.14. The average Bonchev–Trinajstić information content (AvgIpc) is 3.20. The second-order valence-electron chi connectivity index (χ2n) is 4.40. The largest absolute Gasteiger partial charge is 0.467 e. The van der Waals surface area contributed by atoms with E-state index >= 15 is 0 Å². The van der Waals surface area contributed by atoms with Crippen molar-refractivity contribution in [2.24, 2.45) is 0 Å². The minimum atomic E-state index is 0.373. The quantitative estimate of drug-likeness (QED) is 0.795. The lowest BCUT2D eigenvalue weighted by atomic mass is 10.4. The maximum atomic E-state index is 5.14. The van der Waals surface area contributed by atoms with E-state index in [1.807, 2.05) is 6.92 Å². The van der Waals surface area contributed by atoms with Crippen molar-refractivity contribution in [1.82, 2.24) is 15.0 Å². The van der Waals surface area contributed by atoms with Gasteiger partial charge in [0, 0.05) is 19.1 Å². The molecule has 1 aliphatic rings. The molecule has 0 saturated heterocycles. The fraction of sp³-hybridized carbons (Fsp3) is 0.750. The van der Waals surface area contributed by atoms with Gasteiger partial charge in [0.1, 0.15) is 0 Å². The Morgan fingerprint density at radius 3 is 2.61 bits per heavy atom. The van der Waals surface area contributed by atoms with E-state index in [4.69, 9.17) is 4.74 Å². The average molecular weight is 251 g/mol. The van der Waals surface area contributed by atoms with Gasteiger partial charge in [-0.05, 0) is 26.2 Å². The zero-order valence-electron chi connectivity index (χ0n) is 11.3. The molecular formula is C12H21N5O. The van der Waals surface area contributed by atoms with Crippen LogP contribution in [0.4, 0.5) is 11.9 Å². The molecule has 0 unspecified atom stereocenters. The molecule has 6 heteroatoms. The summed E-state index contributed by atoms with van der Waals surface area (Å²) in [6, 6.07) is 0.962. The third-order valence-corrected chi connectivity index (χ3v) is 2.83. The van der Waals surface area contributed by atoms with Crippen LogP contribution in [-0.4, -0.2) is 41.2 Å². The zero-order valence-corrected chi connectivity index (χ0v) is 11.3. The van der Waals surface area contributed by atoms with E-state index in [1.54, 1.807) is 7.11 Å². The highest BCUT2D eigenvalue weighted by Crippen LogP contribution is 2.30. The van der Waals surface area contributed by atoms with Crippen molar-refractivity contribution >= 4 is 11.9 Å². The molecule has 1 aromatic rings. The van der Waals surface area contributed by atoms with Gasteiger partial charge in [0.05, 0.1) is 7.11 Å². The summed E-state index contributed by atoms with van der Waals surface area (Å²) >= 11 is 0. The summed E-state index contributed by atoms with van der Waals surface area (Å²) in [5.41, 5.74) is 0. The Morgan fingerprint density at radius 2 is 2.06 bits per heavy atom. The van der Waals surface area contributed by atoms with E-state index < -0.39 is 0 Å². The van der Waals surface area contributed by atoms with E-state index in [9.17, 15) is 0 Å². The molecule has 1 saturated carbocycles. The van der Waals surface area contributed by atoms with Crippen LogP contribution in [0.5, 0.6) is 6.01 Å². The van der Waals surface area contributed by atoms with Gasteiger partial charge in [-0.2, -0.15) is 15.0 Å². The fourth-order valence-electron chi connectivity index (χ4n) is 1.88. The highest BCUT2D eigenvalue weighted by atomic mass is 16.5. The predicted molar refractivity (Wildman–Crippen MR) is 71.2 cm³/mol. The second-order valence-corrected chi connectivity index (χ2v) is 4.40. The first-order chi connectivity index (χ1) is 8.78. The highest BCUT2D eigenvalue weighted by Gasteiger charge is 2.30. The summed E-state index contributed by atoms with van der Waals surface area (Å²) in [6.45, 7) is 5.94. The third-order valence-electron chi connectivity index (χ3n) is 2.83. The first-order valence-corrected chi connectivity index (χ1v) is 6.59. The number of nitrogens with zero attached hydrogens (tertiary/aromatic N) is 4. The fourth-order valence-corrected chi connectivity index (χ4v) is 1.88. The Hall–Kier alpha value is -1.59. The molecule has 0 spiro atoms. The van der Waals surface area contributed by atoms with Crippen LogP contribution >= 0.6 is 0 Å². The van der Waals surface area contributed by atoms with Crippen molar-refractivity contribution in [3.8, 4) is 6.01 Å². The number of rotatable bonds is 7. The summed E-state index contributed by atoms with van der Waals surface area (Å²) < 4.78 is 5.14. The van der Waals surface area contributed by atoms with Crippen LogP contribution in [0.3, 0.4) is 0 Å². The van der Waals surface area contributed by atoms with Crippen LogP contribution in [-0.2, 0) is 0 Å². The zero-order chi connectivity index (χ0) is 13.0. The monoisotopic (exact) mass is 251 g/mol. The summed E-state index contributed by atoms with van der Waals surface area (Å²) in [5, 5.41) is 3.11. The first-order valence-electron chi connectivity index (χ1n) is 6.59. The molecular weight excluding hydrogens is 230 g/mol. The SMILES string of the molecule is CCCN(c1nc(NCC)nc(OC)n1)C1CC1. The second kappa shape index (κ2) is 5.84. The van der Waals surface area contributed by atoms with Crippen LogP contribution in [0.15, 0.2) is 0 Å². The normalized spacial score (nSPS) is 14.4. The Morgan fingerprint density at radius 1 is 1.28 bits per heavy atom. The van der Waals surface area contributed by atoms with E-state index in [-0.39, 0.29) is 0 Å². The van der Waals surface area contributed by atoms with Crippen LogP contribution in [0.2, 0.25) is 0 Å². The first kappa shape index (κ1) is 12.9. The molecule has 0 atom stereocenters. The third kappa shape index (κ3) is 3.00. The van der Waals surface area contributed by atoms with Crippen LogP contribution < -0.4 is 15.0 Å². The minimum absolute atomic E-state index is 0.373.